The molecule has 0 atom stereocenters. The molecular formula is C14H20FNO2. The first-order valence-corrected chi connectivity index (χ1v) is 6.44. The van der Waals surface area contributed by atoms with Crippen LogP contribution in [0.5, 0.6) is 5.75 Å². The number of hydrogen-bond donors (Lipinski definition) is 1. The van der Waals surface area contributed by atoms with Gasteiger partial charge in [0.2, 0.25) is 0 Å². The van der Waals surface area contributed by atoms with Crippen LogP contribution < -0.4 is 10.1 Å². The molecule has 2 rings (SSSR count). The van der Waals surface area contributed by atoms with Crippen molar-refractivity contribution in [1.29, 1.82) is 0 Å². The first-order valence-electron chi connectivity index (χ1n) is 6.44. The highest BCUT2D eigenvalue weighted by Gasteiger charge is 2.21. The van der Waals surface area contributed by atoms with Gasteiger partial charge in [-0.15, -0.1) is 0 Å². The second-order valence-corrected chi connectivity index (χ2v) is 4.52. The number of halogens is 1. The lowest BCUT2D eigenvalue weighted by atomic mass is 9.89. The van der Waals surface area contributed by atoms with Crippen LogP contribution in [0.15, 0.2) is 18.2 Å². The van der Waals surface area contributed by atoms with Gasteiger partial charge in [-0.2, -0.15) is 0 Å². The molecule has 0 aliphatic carbocycles. The van der Waals surface area contributed by atoms with Crippen LogP contribution >= 0.6 is 0 Å². The minimum absolute atomic E-state index is 0.276. The second kappa shape index (κ2) is 6.71. The fourth-order valence-corrected chi connectivity index (χ4v) is 2.36. The average Bonchev–Trinajstić information content (AvgIpc) is 2.42. The standard InChI is InChI=1S/C14H20FNO2/c1-17-9-10-18-14-12(3-2-4-13(14)15)11-5-7-16-8-6-11/h2-4,11,16H,5-10H2,1H3. The number of benzene rings is 1. The summed E-state index contributed by atoms with van der Waals surface area (Å²) in [5.41, 5.74) is 0.993. The van der Waals surface area contributed by atoms with E-state index in [2.05, 4.69) is 5.32 Å². The van der Waals surface area contributed by atoms with E-state index in [4.69, 9.17) is 9.47 Å². The maximum atomic E-state index is 13.9. The van der Waals surface area contributed by atoms with Gasteiger partial charge in [-0.1, -0.05) is 12.1 Å². The van der Waals surface area contributed by atoms with Gasteiger partial charge in [-0.25, -0.2) is 4.39 Å². The molecule has 1 aromatic rings. The van der Waals surface area contributed by atoms with Crippen molar-refractivity contribution < 1.29 is 13.9 Å². The number of ether oxygens (including phenoxy) is 2. The molecule has 4 heteroatoms. The molecule has 1 aliphatic rings. The van der Waals surface area contributed by atoms with Gasteiger partial charge in [-0.3, -0.25) is 0 Å². The molecule has 0 aromatic heterocycles. The van der Waals surface area contributed by atoms with Crippen molar-refractivity contribution in [2.75, 3.05) is 33.4 Å². The fraction of sp³-hybridized carbons (Fsp3) is 0.571. The van der Waals surface area contributed by atoms with Crippen molar-refractivity contribution in [3.05, 3.63) is 29.6 Å². The molecular weight excluding hydrogens is 233 g/mol. The topological polar surface area (TPSA) is 30.5 Å². The molecule has 0 bridgehead atoms. The van der Waals surface area contributed by atoms with Crippen molar-refractivity contribution in [3.63, 3.8) is 0 Å². The molecule has 3 nitrogen and oxygen atoms in total. The summed E-state index contributed by atoms with van der Waals surface area (Å²) in [6, 6.07) is 5.18. The third-order valence-electron chi connectivity index (χ3n) is 3.31. The Hall–Kier alpha value is -1.13. The fourth-order valence-electron chi connectivity index (χ4n) is 2.36. The Morgan fingerprint density at radius 2 is 2.06 bits per heavy atom. The maximum Gasteiger partial charge on any atom is 0.165 e. The van der Waals surface area contributed by atoms with E-state index in [1.807, 2.05) is 6.07 Å². The SMILES string of the molecule is COCCOc1c(F)cccc1C1CCNCC1. The van der Waals surface area contributed by atoms with Crippen LogP contribution in [0.2, 0.25) is 0 Å². The highest BCUT2D eigenvalue weighted by Crippen LogP contribution is 2.34. The summed E-state index contributed by atoms with van der Waals surface area (Å²) in [6.07, 6.45) is 2.06. The smallest absolute Gasteiger partial charge is 0.165 e. The average molecular weight is 253 g/mol. The van der Waals surface area contributed by atoms with E-state index in [1.54, 1.807) is 13.2 Å². The lowest BCUT2D eigenvalue weighted by molar-refractivity contribution is 0.142. The van der Waals surface area contributed by atoms with E-state index in [0.29, 0.717) is 24.9 Å². The van der Waals surface area contributed by atoms with E-state index in [1.165, 1.54) is 6.07 Å². The van der Waals surface area contributed by atoms with Gasteiger partial charge in [0.25, 0.3) is 0 Å². The van der Waals surface area contributed by atoms with Gasteiger partial charge in [-0.05, 0) is 37.9 Å². The van der Waals surface area contributed by atoms with Crippen LogP contribution in [-0.2, 0) is 4.74 Å². The monoisotopic (exact) mass is 253 g/mol. The van der Waals surface area contributed by atoms with E-state index in [-0.39, 0.29) is 5.82 Å². The predicted octanol–water partition coefficient (Wildman–Crippen LogP) is 2.32. The number of rotatable bonds is 5. The summed E-state index contributed by atoms with van der Waals surface area (Å²) in [5.74, 6) is 0.517. The molecule has 0 amide bonds. The Kier molecular flexibility index (Phi) is 4.96. The first-order chi connectivity index (χ1) is 8.83. The molecule has 100 valence electrons. The molecule has 1 heterocycles. The largest absolute Gasteiger partial charge is 0.488 e. The van der Waals surface area contributed by atoms with E-state index < -0.39 is 0 Å². The Balaban J connectivity index is 2.14. The third kappa shape index (κ3) is 3.21. The second-order valence-electron chi connectivity index (χ2n) is 4.52. The van der Waals surface area contributed by atoms with Gasteiger partial charge in [0.15, 0.2) is 11.6 Å². The number of nitrogens with one attached hydrogen (secondary N) is 1. The molecule has 0 saturated carbocycles. The summed E-state index contributed by atoms with van der Waals surface area (Å²) >= 11 is 0. The Morgan fingerprint density at radius 3 is 2.78 bits per heavy atom. The van der Waals surface area contributed by atoms with Crippen LogP contribution in [0.25, 0.3) is 0 Å². The van der Waals surface area contributed by atoms with E-state index in [0.717, 1.165) is 31.5 Å². The van der Waals surface area contributed by atoms with Crippen molar-refractivity contribution in [3.8, 4) is 5.75 Å². The van der Waals surface area contributed by atoms with Gasteiger partial charge >= 0.3 is 0 Å². The normalized spacial score (nSPS) is 16.8. The summed E-state index contributed by atoms with van der Waals surface area (Å²) in [7, 11) is 1.61. The zero-order valence-electron chi connectivity index (χ0n) is 10.7. The third-order valence-corrected chi connectivity index (χ3v) is 3.31. The molecule has 1 N–H and O–H groups in total. The lowest BCUT2D eigenvalue weighted by Crippen LogP contribution is -2.27. The Bertz CT molecular complexity index is 378. The first kappa shape index (κ1) is 13.3. The van der Waals surface area contributed by atoms with Crippen LogP contribution in [0.4, 0.5) is 4.39 Å². The molecule has 0 radical (unpaired) electrons. The lowest BCUT2D eigenvalue weighted by Gasteiger charge is -2.25. The Morgan fingerprint density at radius 1 is 1.28 bits per heavy atom. The number of para-hydroxylation sites is 1. The van der Waals surface area contributed by atoms with Crippen LogP contribution in [-0.4, -0.2) is 33.4 Å². The molecule has 1 fully saturated rings. The zero-order valence-corrected chi connectivity index (χ0v) is 10.7. The predicted molar refractivity (Wildman–Crippen MR) is 68.6 cm³/mol. The highest BCUT2D eigenvalue weighted by molar-refractivity contribution is 5.38. The quantitative estimate of drug-likeness (QED) is 0.817. The van der Waals surface area contributed by atoms with Gasteiger partial charge in [0.1, 0.15) is 6.61 Å². The zero-order chi connectivity index (χ0) is 12.8. The van der Waals surface area contributed by atoms with Crippen molar-refractivity contribution in [2.24, 2.45) is 0 Å². The van der Waals surface area contributed by atoms with Gasteiger partial charge in [0, 0.05) is 12.7 Å². The summed E-state index contributed by atoms with van der Waals surface area (Å²) < 4.78 is 24.3. The molecule has 1 saturated heterocycles. The van der Waals surface area contributed by atoms with Crippen LogP contribution in [0.1, 0.15) is 24.3 Å². The van der Waals surface area contributed by atoms with Crippen molar-refractivity contribution in [1.82, 2.24) is 5.32 Å². The highest BCUT2D eigenvalue weighted by atomic mass is 19.1. The molecule has 0 unspecified atom stereocenters. The summed E-state index contributed by atoms with van der Waals surface area (Å²) in [5, 5.41) is 3.32. The number of methoxy groups -OCH3 is 1. The molecule has 1 aromatic carbocycles. The minimum atomic E-state index is -0.276. The number of piperidine rings is 1. The molecule has 1 aliphatic heterocycles. The van der Waals surface area contributed by atoms with Crippen LogP contribution in [0, 0.1) is 5.82 Å². The maximum absolute atomic E-state index is 13.9. The van der Waals surface area contributed by atoms with Gasteiger partial charge < -0.3 is 14.8 Å². The van der Waals surface area contributed by atoms with Crippen molar-refractivity contribution >= 4 is 0 Å². The molecule has 0 spiro atoms. The van der Waals surface area contributed by atoms with Gasteiger partial charge in [0.05, 0.1) is 6.61 Å². The van der Waals surface area contributed by atoms with E-state index in [9.17, 15) is 4.39 Å². The van der Waals surface area contributed by atoms with Crippen molar-refractivity contribution in [2.45, 2.75) is 18.8 Å². The minimum Gasteiger partial charge on any atom is -0.488 e. The van der Waals surface area contributed by atoms with E-state index >= 15 is 0 Å². The molecule has 18 heavy (non-hydrogen) atoms. The summed E-state index contributed by atoms with van der Waals surface area (Å²) in [6.45, 7) is 2.83. The number of hydrogen-bond acceptors (Lipinski definition) is 3. The Labute approximate surface area is 107 Å². The van der Waals surface area contributed by atoms with Crippen LogP contribution in [0.3, 0.4) is 0 Å². The summed E-state index contributed by atoms with van der Waals surface area (Å²) in [4.78, 5) is 0.